The highest BCUT2D eigenvalue weighted by molar-refractivity contribution is 6.35. The Bertz CT molecular complexity index is 610. The van der Waals surface area contributed by atoms with Gasteiger partial charge in [0.1, 0.15) is 0 Å². The molecule has 21 heavy (non-hydrogen) atoms. The van der Waals surface area contributed by atoms with Crippen molar-refractivity contribution in [2.75, 3.05) is 0 Å². The molecule has 3 N–H and O–H groups in total. The Morgan fingerprint density at radius 1 is 1.29 bits per heavy atom. The van der Waals surface area contributed by atoms with Crippen molar-refractivity contribution in [2.45, 2.75) is 39.3 Å². The second kappa shape index (κ2) is 7.27. The van der Waals surface area contributed by atoms with Gasteiger partial charge in [-0.15, -0.1) is 0 Å². The average Bonchev–Trinajstić information content (AvgIpc) is 2.90. The second-order valence-electron chi connectivity index (χ2n) is 4.89. The molecular formula is C15H20Cl2N4. The predicted molar refractivity (Wildman–Crippen MR) is 87.5 cm³/mol. The molecule has 1 atom stereocenters. The number of benzene rings is 1. The maximum Gasteiger partial charge on any atom is 0.0669 e. The number of hydrazine groups is 1. The zero-order valence-corrected chi connectivity index (χ0v) is 13.7. The second-order valence-corrected chi connectivity index (χ2v) is 5.73. The molecule has 0 aliphatic heterocycles. The van der Waals surface area contributed by atoms with Crippen LogP contribution in [0, 0.1) is 0 Å². The molecule has 1 unspecified atom stereocenters. The van der Waals surface area contributed by atoms with E-state index in [1.165, 1.54) is 0 Å². The molecule has 1 heterocycles. The largest absolute Gasteiger partial charge is 0.271 e. The molecule has 0 spiro atoms. The molecule has 0 amide bonds. The maximum absolute atomic E-state index is 6.25. The van der Waals surface area contributed by atoms with Gasteiger partial charge in [-0.1, -0.05) is 36.2 Å². The normalized spacial score (nSPS) is 12.6. The third kappa shape index (κ3) is 3.77. The van der Waals surface area contributed by atoms with Crippen molar-refractivity contribution in [3.8, 4) is 0 Å². The fraction of sp³-hybridized carbons (Fsp3) is 0.400. The molecule has 0 saturated carbocycles. The minimum Gasteiger partial charge on any atom is -0.271 e. The molecule has 0 fully saturated rings. The first-order valence-corrected chi connectivity index (χ1v) is 7.81. The molecule has 0 bridgehead atoms. The van der Waals surface area contributed by atoms with Gasteiger partial charge in [0.15, 0.2) is 0 Å². The Labute approximate surface area is 135 Å². The zero-order valence-electron chi connectivity index (χ0n) is 12.2. The van der Waals surface area contributed by atoms with E-state index in [1.807, 2.05) is 16.8 Å². The lowest BCUT2D eigenvalue weighted by Crippen LogP contribution is -2.31. The third-order valence-corrected chi connectivity index (χ3v) is 4.11. The van der Waals surface area contributed by atoms with E-state index in [1.54, 1.807) is 6.07 Å². The molecular weight excluding hydrogens is 307 g/mol. The van der Waals surface area contributed by atoms with Crippen molar-refractivity contribution in [3.63, 3.8) is 0 Å². The van der Waals surface area contributed by atoms with E-state index in [2.05, 4.69) is 30.4 Å². The molecule has 0 radical (unpaired) electrons. The fourth-order valence-corrected chi connectivity index (χ4v) is 2.84. The summed E-state index contributed by atoms with van der Waals surface area (Å²) < 4.78 is 1.98. The average molecular weight is 327 g/mol. The number of nitrogens with zero attached hydrogens (tertiary/aromatic N) is 2. The van der Waals surface area contributed by atoms with Gasteiger partial charge < -0.3 is 0 Å². The fourth-order valence-electron chi connectivity index (χ4n) is 2.35. The minimum absolute atomic E-state index is 0.0450. The Balaban J connectivity index is 2.29. The SMILES string of the molecule is CCc1cc(C(Cc2ccc(Cl)cc2Cl)NN)n(CC)n1. The van der Waals surface area contributed by atoms with Gasteiger partial charge in [0, 0.05) is 16.6 Å². The lowest BCUT2D eigenvalue weighted by atomic mass is 10.0. The van der Waals surface area contributed by atoms with Gasteiger partial charge in [0.05, 0.1) is 17.4 Å². The molecule has 1 aromatic carbocycles. The van der Waals surface area contributed by atoms with E-state index in [-0.39, 0.29) is 6.04 Å². The smallest absolute Gasteiger partial charge is 0.0669 e. The van der Waals surface area contributed by atoms with Gasteiger partial charge in [-0.25, -0.2) is 0 Å². The summed E-state index contributed by atoms with van der Waals surface area (Å²) >= 11 is 12.2. The Morgan fingerprint density at radius 3 is 2.62 bits per heavy atom. The molecule has 0 aliphatic rings. The first kappa shape index (κ1) is 16.3. The van der Waals surface area contributed by atoms with E-state index < -0.39 is 0 Å². The van der Waals surface area contributed by atoms with Crippen LogP contribution in [0.1, 0.15) is 36.8 Å². The number of aryl methyl sites for hydroxylation is 2. The lowest BCUT2D eigenvalue weighted by molar-refractivity contribution is 0.490. The predicted octanol–water partition coefficient (Wildman–Crippen LogP) is 3.52. The molecule has 0 saturated heterocycles. The van der Waals surface area contributed by atoms with Gasteiger partial charge in [-0.05, 0) is 43.5 Å². The molecule has 114 valence electrons. The minimum atomic E-state index is -0.0450. The molecule has 2 rings (SSSR count). The van der Waals surface area contributed by atoms with Crippen LogP contribution in [0.25, 0.3) is 0 Å². The number of nitrogens with one attached hydrogen (secondary N) is 1. The van der Waals surface area contributed by atoms with Crippen LogP contribution in [0.15, 0.2) is 24.3 Å². The van der Waals surface area contributed by atoms with Crippen molar-refractivity contribution in [3.05, 3.63) is 51.3 Å². The van der Waals surface area contributed by atoms with Crippen LogP contribution >= 0.6 is 23.2 Å². The molecule has 1 aromatic heterocycles. The van der Waals surface area contributed by atoms with Crippen LogP contribution in [0.5, 0.6) is 0 Å². The van der Waals surface area contributed by atoms with Gasteiger partial charge in [0.2, 0.25) is 0 Å². The summed E-state index contributed by atoms with van der Waals surface area (Å²) in [4.78, 5) is 0. The van der Waals surface area contributed by atoms with E-state index >= 15 is 0 Å². The summed E-state index contributed by atoms with van der Waals surface area (Å²) in [5, 5.41) is 5.85. The third-order valence-electron chi connectivity index (χ3n) is 3.52. The van der Waals surface area contributed by atoms with Crippen molar-refractivity contribution in [1.82, 2.24) is 15.2 Å². The summed E-state index contributed by atoms with van der Waals surface area (Å²) in [7, 11) is 0. The highest BCUT2D eigenvalue weighted by Gasteiger charge is 2.18. The number of halogens is 2. The molecule has 6 heteroatoms. The van der Waals surface area contributed by atoms with Gasteiger partial charge >= 0.3 is 0 Å². The molecule has 2 aromatic rings. The number of rotatable bonds is 6. The highest BCUT2D eigenvalue weighted by atomic mass is 35.5. The van der Waals surface area contributed by atoms with Gasteiger partial charge in [0.25, 0.3) is 0 Å². The quantitative estimate of drug-likeness (QED) is 0.630. The van der Waals surface area contributed by atoms with E-state index in [9.17, 15) is 0 Å². The van der Waals surface area contributed by atoms with Crippen LogP contribution in [-0.4, -0.2) is 9.78 Å². The van der Waals surface area contributed by atoms with Crippen LogP contribution < -0.4 is 11.3 Å². The van der Waals surface area contributed by atoms with Crippen molar-refractivity contribution >= 4 is 23.2 Å². The number of hydrogen-bond donors (Lipinski definition) is 2. The number of nitrogens with two attached hydrogens (primary N) is 1. The van der Waals surface area contributed by atoms with Crippen LogP contribution in [-0.2, 0) is 19.4 Å². The summed E-state index contributed by atoms with van der Waals surface area (Å²) in [6.45, 7) is 4.97. The Kier molecular flexibility index (Phi) is 5.65. The summed E-state index contributed by atoms with van der Waals surface area (Å²) in [6.07, 6.45) is 1.58. The van der Waals surface area contributed by atoms with Gasteiger partial charge in [-0.2, -0.15) is 5.10 Å². The zero-order chi connectivity index (χ0) is 15.4. The van der Waals surface area contributed by atoms with Crippen LogP contribution in [0.4, 0.5) is 0 Å². The van der Waals surface area contributed by atoms with E-state index in [0.717, 1.165) is 29.9 Å². The van der Waals surface area contributed by atoms with Gasteiger partial charge in [-0.3, -0.25) is 16.0 Å². The standard InChI is InChI=1S/C15H20Cl2N4/c1-3-12-9-15(21(4-2)20-12)14(19-18)7-10-5-6-11(16)8-13(10)17/h5-6,8-9,14,19H,3-4,7,18H2,1-2H3. The lowest BCUT2D eigenvalue weighted by Gasteiger charge is -2.18. The first-order chi connectivity index (χ1) is 10.1. The summed E-state index contributed by atoms with van der Waals surface area (Å²) in [6, 6.07) is 7.57. The van der Waals surface area contributed by atoms with E-state index in [4.69, 9.17) is 29.0 Å². The Hall–Kier alpha value is -1.07. The van der Waals surface area contributed by atoms with Crippen molar-refractivity contribution in [2.24, 2.45) is 5.84 Å². The highest BCUT2D eigenvalue weighted by Crippen LogP contribution is 2.26. The Morgan fingerprint density at radius 2 is 2.05 bits per heavy atom. The van der Waals surface area contributed by atoms with Crippen LogP contribution in [0.3, 0.4) is 0 Å². The maximum atomic E-state index is 6.25. The van der Waals surface area contributed by atoms with E-state index in [0.29, 0.717) is 16.5 Å². The summed E-state index contributed by atoms with van der Waals surface area (Å²) in [5.74, 6) is 5.75. The summed E-state index contributed by atoms with van der Waals surface area (Å²) in [5.41, 5.74) is 6.01. The van der Waals surface area contributed by atoms with Crippen molar-refractivity contribution in [1.29, 1.82) is 0 Å². The van der Waals surface area contributed by atoms with Crippen LogP contribution in [0.2, 0.25) is 10.0 Å². The van der Waals surface area contributed by atoms with Crippen molar-refractivity contribution < 1.29 is 0 Å². The number of hydrogen-bond acceptors (Lipinski definition) is 3. The molecule has 0 aliphatic carbocycles. The monoisotopic (exact) mass is 326 g/mol. The topological polar surface area (TPSA) is 55.9 Å². The molecule has 4 nitrogen and oxygen atoms in total. The first-order valence-electron chi connectivity index (χ1n) is 7.05. The number of aromatic nitrogens is 2.